The second-order valence-electron chi connectivity index (χ2n) is 7.80. The van der Waals surface area contributed by atoms with Crippen molar-refractivity contribution in [2.75, 3.05) is 6.61 Å². The summed E-state index contributed by atoms with van der Waals surface area (Å²) in [5.74, 6) is -0.468. The molecule has 1 atom stereocenters. The zero-order chi connectivity index (χ0) is 26.0. The first-order chi connectivity index (χ1) is 17.2. The summed E-state index contributed by atoms with van der Waals surface area (Å²) in [5, 5.41) is 10.8. The highest BCUT2D eigenvalue weighted by Gasteiger charge is 2.31. The minimum Gasteiger partial charge on any atom is -0.490 e. The Morgan fingerprint density at radius 1 is 1.03 bits per heavy atom. The van der Waals surface area contributed by atoms with Gasteiger partial charge in [0.15, 0.2) is 5.75 Å². The third-order valence-electron chi connectivity index (χ3n) is 5.36. The summed E-state index contributed by atoms with van der Waals surface area (Å²) in [6, 6.07) is 14.8. The van der Waals surface area contributed by atoms with E-state index in [0.29, 0.717) is 39.3 Å². The number of fused-ring (bicyclic) bond motifs is 1. The third-order valence-corrected chi connectivity index (χ3v) is 6.66. The van der Waals surface area contributed by atoms with Crippen LogP contribution in [0.15, 0.2) is 60.0 Å². The van der Waals surface area contributed by atoms with Gasteiger partial charge in [0.05, 0.1) is 38.2 Å². The van der Waals surface area contributed by atoms with Crippen molar-refractivity contribution in [2.24, 2.45) is 5.73 Å². The van der Waals surface area contributed by atoms with Gasteiger partial charge >= 0.3 is 5.97 Å². The van der Waals surface area contributed by atoms with Crippen LogP contribution >= 0.6 is 46.4 Å². The second kappa shape index (κ2) is 10.9. The van der Waals surface area contributed by atoms with Crippen molar-refractivity contribution in [1.82, 2.24) is 0 Å². The number of carbonyl (C=O) groups is 1. The van der Waals surface area contributed by atoms with E-state index < -0.39 is 11.9 Å². The Kier molecular flexibility index (Phi) is 7.87. The number of carbonyl (C=O) groups excluding carboxylic acids is 1. The van der Waals surface area contributed by atoms with E-state index in [9.17, 15) is 10.1 Å². The lowest BCUT2D eigenvalue weighted by atomic mass is 9.83. The van der Waals surface area contributed by atoms with Crippen molar-refractivity contribution in [3.05, 3.63) is 96.8 Å². The first-order valence-electron chi connectivity index (χ1n) is 10.7. The number of benzene rings is 3. The Bertz CT molecular complexity index is 1410. The van der Waals surface area contributed by atoms with Crippen molar-refractivity contribution < 1.29 is 19.0 Å². The molecule has 1 aliphatic rings. The van der Waals surface area contributed by atoms with Crippen LogP contribution in [0.2, 0.25) is 20.1 Å². The molecule has 1 unspecified atom stereocenters. The maximum Gasteiger partial charge on any atom is 0.343 e. The smallest absolute Gasteiger partial charge is 0.343 e. The van der Waals surface area contributed by atoms with E-state index in [4.69, 9.17) is 66.3 Å². The van der Waals surface area contributed by atoms with Crippen molar-refractivity contribution in [2.45, 2.75) is 19.3 Å². The highest BCUT2D eigenvalue weighted by molar-refractivity contribution is 6.42. The number of halogens is 4. The molecule has 10 heteroatoms. The molecular weight excluding hydrogens is 546 g/mol. The summed E-state index contributed by atoms with van der Waals surface area (Å²) in [6.07, 6.45) is 0.776. The molecule has 0 radical (unpaired) electrons. The van der Waals surface area contributed by atoms with Gasteiger partial charge < -0.3 is 19.9 Å². The molecule has 0 aliphatic carbocycles. The van der Waals surface area contributed by atoms with Crippen LogP contribution in [0.5, 0.6) is 17.2 Å². The fourth-order valence-corrected chi connectivity index (χ4v) is 4.62. The van der Waals surface area contributed by atoms with E-state index in [0.717, 1.165) is 6.42 Å². The van der Waals surface area contributed by atoms with E-state index in [2.05, 4.69) is 6.07 Å². The van der Waals surface area contributed by atoms with Crippen molar-refractivity contribution in [3.8, 4) is 23.3 Å². The molecule has 1 aliphatic heterocycles. The summed E-state index contributed by atoms with van der Waals surface area (Å²) in [7, 11) is 0. The van der Waals surface area contributed by atoms with Crippen molar-refractivity contribution in [3.63, 3.8) is 0 Å². The molecule has 0 aromatic heterocycles. The van der Waals surface area contributed by atoms with E-state index in [1.165, 1.54) is 18.2 Å². The molecule has 184 valence electrons. The lowest BCUT2D eigenvalue weighted by Gasteiger charge is -2.27. The molecule has 3 aromatic carbocycles. The quantitative estimate of drug-likeness (QED) is 0.246. The Morgan fingerprint density at radius 3 is 2.39 bits per heavy atom. The van der Waals surface area contributed by atoms with Crippen LogP contribution in [0, 0.1) is 11.3 Å². The maximum absolute atomic E-state index is 12.8. The number of rotatable bonds is 6. The molecular formula is C26H18Cl4N2O4. The predicted octanol–water partition coefficient (Wildman–Crippen LogP) is 7.53. The fraction of sp³-hybridized carbons (Fsp3) is 0.154. The minimum atomic E-state index is -0.682. The van der Waals surface area contributed by atoms with E-state index in [1.54, 1.807) is 30.3 Å². The molecule has 3 aromatic rings. The van der Waals surface area contributed by atoms with E-state index >= 15 is 0 Å². The zero-order valence-electron chi connectivity index (χ0n) is 18.8. The monoisotopic (exact) mass is 562 g/mol. The standard InChI is InChI=1S/C26H18Cl4N2O4/c1-2-7-34-24-20(29)9-14(10-21(24)30)26(33)35-15-4-5-16-22(11-15)36-25(32)17(12-31)23(16)13-3-6-18(27)19(28)8-13/h3-6,8-11,23H,2,7,32H2,1H3. The van der Waals surface area contributed by atoms with Crippen LogP contribution in [0.1, 0.15) is 40.7 Å². The van der Waals surface area contributed by atoms with Crippen LogP contribution in [0.25, 0.3) is 0 Å². The van der Waals surface area contributed by atoms with Crippen molar-refractivity contribution in [1.29, 1.82) is 5.26 Å². The third kappa shape index (κ3) is 5.21. The Hall–Kier alpha value is -3.08. The predicted molar refractivity (Wildman–Crippen MR) is 139 cm³/mol. The second-order valence-corrected chi connectivity index (χ2v) is 9.43. The van der Waals surface area contributed by atoms with Crippen LogP contribution in [-0.2, 0) is 0 Å². The van der Waals surface area contributed by atoms with Crippen LogP contribution in [0.4, 0.5) is 0 Å². The number of hydrogen-bond donors (Lipinski definition) is 1. The Morgan fingerprint density at radius 2 is 1.75 bits per heavy atom. The Balaban J connectivity index is 1.64. The molecule has 0 saturated heterocycles. The van der Waals surface area contributed by atoms with Gasteiger partial charge in [0.25, 0.3) is 0 Å². The van der Waals surface area contributed by atoms with Gasteiger partial charge in [0.1, 0.15) is 23.1 Å². The van der Waals surface area contributed by atoms with E-state index in [-0.39, 0.29) is 32.8 Å². The number of nitriles is 1. The summed E-state index contributed by atoms with van der Waals surface area (Å²) < 4.78 is 16.7. The first kappa shape index (κ1) is 26.0. The Labute approximate surface area is 227 Å². The fourth-order valence-electron chi connectivity index (χ4n) is 3.72. The highest BCUT2D eigenvalue weighted by atomic mass is 35.5. The number of allylic oxidation sites excluding steroid dienone is 1. The molecule has 6 nitrogen and oxygen atoms in total. The zero-order valence-corrected chi connectivity index (χ0v) is 21.8. The summed E-state index contributed by atoms with van der Waals surface area (Å²) in [4.78, 5) is 12.8. The number of ether oxygens (including phenoxy) is 3. The molecule has 2 N–H and O–H groups in total. The molecule has 0 fully saturated rings. The van der Waals surface area contributed by atoms with Gasteiger partial charge in [-0.25, -0.2) is 4.79 Å². The molecule has 0 spiro atoms. The molecule has 0 bridgehead atoms. The van der Waals surface area contributed by atoms with Crippen molar-refractivity contribution >= 4 is 52.4 Å². The van der Waals surface area contributed by atoms with Crippen LogP contribution in [-0.4, -0.2) is 12.6 Å². The number of esters is 1. The molecule has 0 saturated carbocycles. The first-order valence-corrected chi connectivity index (χ1v) is 12.2. The van der Waals surface area contributed by atoms with Gasteiger partial charge in [-0.2, -0.15) is 5.26 Å². The maximum atomic E-state index is 12.8. The topological polar surface area (TPSA) is 94.6 Å². The minimum absolute atomic E-state index is 0.0641. The number of hydrogen-bond acceptors (Lipinski definition) is 6. The largest absolute Gasteiger partial charge is 0.490 e. The van der Waals surface area contributed by atoms with Gasteiger partial charge in [-0.05, 0) is 42.3 Å². The average Bonchev–Trinajstić information content (AvgIpc) is 2.84. The average molecular weight is 564 g/mol. The molecule has 4 rings (SSSR count). The summed E-state index contributed by atoms with van der Waals surface area (Å²) >= 11 is 24.8. The van der Waals surface area contributed by atoms with Gasteiger partial charge in [0, 0.05) is 11.6 Å². The summed E-state index contributed by atoms with van der Waals surface area (Å²) in [5.41, 5.74) is 7.76. The SMILES string of the molecule is CCCOc1c(Cl)cc(C(=O)Oc2ccc3c(c2)OC(N)=C(C#N)C3c2ccc(Cl)c(Cl)c2)cc1Cl. The van der Waals surface area contributed by atoms with Crippen LogP contribution < -0.4 is 19.9 Å². The number of nitrogens with zero attached hydrogens (tertiary/aromatic N) is 1. The highest BCUT2D eigenvalue weighted by Crippen LogP contribution is 2.44. The summed E-state index contributed by atoms with van der Waals surface area (Å²) in [6.45, 7) is 2.39. The number of nitrogens with two attached hydrogens (primary N) is 1. The van der Waals surface area contributed by atoms with Gasteiger partial charge in [-0.1, -0.05) is 65.5 Å². The molecule has 36 heavy (non-hydrogen) atoms. The lowest BCUT2D eigenvalue weighted by molar-refractivity contribution is 0.0734. The lowest BCUT2D eigenvalue weighted by Crippen LogP contribution is -2.21. The normalized spacial score (nSPS) is 14.5. The molecule has 0 amide bonds. The van der Waals surface area contributed by atoms with Gasteiger partial charge in [0.2, 0.25) is 5.88 Å². The van der Waals surface area contributed by atoms with E-state index in [1.807, 2.05) is 6.92 Å². The van der Waals surface area contributed by atoms with Gasteiger partial charge in [-0.3, -0.25) is 0 Å². The molecule has 1 heterocycles. The van der Waals surface area contributed by atoms with Crippen LogP contribution in [0.3, 0.4) is 0 Å². The van der Waals surface area contributed by atoms with Gasteiger partial charge in [-0.15, -0.1) is 0 Å².